The molecule has 0 spiro atoms. The summed E-state index contributed by atoms with van der Waals surface area (Å²) in [4.78, 5) is 12.8. The quantitative estimate of drug-likeness (QED) is 0.450. The highest BCUT2D eigenvalue weighted by molar-refractivity contribution is 5.91. The van der Waals surface area contributed by atoms with E-state index < -0.39 is 12.1 Å². The van der Waals surface area contributed by atoms with Gasteiger partial charge in [0, 0.05) is 6.42 Å². The number of hydrogen-bond acceptors (Lipinski definition) is 3. The molecule has 1 heterocycles. The molecule has 0 bridgehead atoms. The van der Waals surface area contributed by atoms with Crippen molar-refractivity contribution in [2.24, 2.45) is 0 Å². The first kappa shape index (κ1) is 24.3. The lowest BCUT2D eigenvalue weighted by molar-refractivity contribution is 0.0824. The minimum atomic E-state index is -0.787. The van der Waals surface area contributed by atoms with Gasteiger partial charge in [0.15, 0.2) is 5.76 Å². The Bertz CT molecular complexity index is 1170. The van der Waals surface area contributed by atoms with Crippen molar-refractivity contribution in [1.29, 1.82) is 0 Å². The van der Waals surface area contributed by atoms with E-state index in [4.69, 9.17) is 4.42 Å². The Hall–Kier alpha value is -2.85. The highest BCUT2D eigenvalue weighted by Crippen LogP contribution is 2.46. The Labute approximate surface area is 203 Å². The number of carbonyl (C=O) groups is 1. The summed E-state index contributed by atoms with van der Waals surface area (Å²) in [7, 11) is 0. The number of aryl methyl sites for hydroxylation is 1. The van der Waals surface area contributed by atoms with Crippen molar-refractivity contribution in [3.63, 3.8) is 0 Å². The van der Waals surface area contributed by atoms with E-state index in [0.29, 0.717) is 6.42 Å². The fraction of sp³-hybridized carbons (Fsp3) is 0.433. The van der Waals surface area contributed by atoms with Crippen molar-refractivity contribution in [3.05, 3.63) is 93.9 Å². The molecule has 0 aliphatic heterocycles. The number of carbonyl (C=O) groups excluding carboxylic acids is 1. The van der Waals surface area contributed by atoms with Gasteiger partial charge in [-0.3, -0.25) is 4.79 Å². The van der Waals surface area contributed by atoms with Gasteiger partial charge in [-0.15, -0.1) is 0 Å². The molecule has 1 aromatic heterocycles. The van der Waals surface area contributed by atoms with Crippen LogP contribution in [0.3, 0.4) is 0 Å². The second kappa shape index (κ2) is 9.07. The molecule has 2 atom stereocenters. The van der Waals surface area contributed by atoms with E-state index in [9.17, 15) is 9.90 Å². The first-order chi connectivity index (χ1) is 16.0. The summed E-state index contributed by atoms with van der Waals surface area (Å²) in [6, 6.07) is 17.2. The lowest BCUT2D eigenvalue weighted by Gasteiger charge is -2.42. The fourth-order valence-electron chi connectivity index (χ4n) is 5.04. The van der Waals surface area contributed by atoms with Crippen molar-refractivity contribution in [1.82, 2.24) is 5.32 Å². The van der Waals surface area contributed by atoms with Crippen LogP contribution in [0.5, 0.6) is 0 Å². The number of amides is 1. The normalized spacial score (nSPS) is 18.1. The Morgan fingerprint density at radius 1 is 1.00 bits per heavy atom. The third-order valence-corrected chi connectivity index (χ3v) is 7.53. The average molecular weight is 460 g/mol. The predicted octanol–water partition coefficient (Wildman–Crippen LogP) is 6.38. The number of benzene rings is 2. The van der Waals surface area contributed by atoms with Crippen molar-refractivity contribution in [2.45, 2.75) is 83.8 Å². The summed E-state index contributed by atoms with van der Waals surface area (Å²) >= 11 is 0. The molecule has 3 aromatic rings. The molecule has 2 aromatic carbocycles. The van der Waals surface area contributed by atoms with Gasteiger partial charge in [-0.05, 0) is 77.5 Å². The van der Waals surface area contributed by atoms with Crippen molar-refractivity contribution < 1.29 is 14.3 Å². The topological polar surface area (TPSA) is 62.5 Å². The summed E-state index contributed by atoms with van der Waals surface area (Å²) in [5, 5.41) is 13.4. The van der Waals surface area contributed by atoms with Crippen LogP contribution >= 0.6 is 0 Å². The second-order valence-corrected chi connectivity index (χ2v) is 11.2. The summed E-state index contributed by atoms with van der Waals surface area (Å²) in [6.07, 6.45) is 2.23. The van der Waals surface area contributed by atoms with E-state index in [1.54, 1.807) is 13.0 Å². The summed E-state index contributed by atoms with van der Waals surface area (Å²) in [5.41, 5.74) is 6.48. The molecule has 0 saturated carbocycles. The maximum atomic E-state index is 12.8. The third-order valence-electron chi connectivity index (χ3n) is 7.53. The van der Waals surface area contributed by atoms with Crippen LogP contribution in [-0.2, 0) is 17.3 Å². The Kier molecular flexibility index (Phi) is 6.48. The van der Waals surface area contributed by atoms with Gasteiger partial charge in [-0.2, -0.15) is 0 Å². The summed E-state index contributed by atoms with van der Waals surface area (Å²) in [6.45, 7) is 13.3. The van der Waals surface area contributed by atoms with E-state index in [0.717, 1.165) is 11.3 Å². The molecule has 34 heavy (non-hydrogen) atoms. The van der Waals surface area contributed by atoms with Crippen LogP contribution in [0.2, 0.25) is 0 Å². The van der Waals surface area contributed by atoms with Crippen LogP contribution in [0.1, 0.15) is 97.7 Å². The van der Waals surface area contributed by atoms with Gasteiger partial charge in [0.1, 0.15) is 5.76 Å². The third kappa shape index (κ3) is 4.83. The molecule has 4 heteroatoms. The molecule has 4 nitrogen and oxygen atoms in total. The second-order valence-electron chi connectivity index (χ2n) is 11.2. The average Bonchev–Trinajstić information content (AvgIpc) is 3.27. The van der Waals surface area contributed by atoms with Crippen LogP contribution in [0.4, 0.5) is 0 Å². The number of rotatable bonds is 6. The van der Waals surface area contributed by atoms with Gasteiger partial charge in [-0.25, -0.2) is 0 Å². The standard InChI is InChI=1S/C30H37NO3/c1-19-16-24-25(30(5,6)15-14-29(24,3)4)18-22(19)17-23-12-13-26(34-23)28(33)31-20(2)27(32)21-10-8-7-9-11-21/h7-13,16,18,20,27,32H,14-15,17H2,1-6H3,(H,31,33)/t20-,27-/m1/s1. The minimum absolute atomic E-state index is 0.150. The van der Waals surface area contributed by atoms with Gasteiger partial charge in [0.2, 0.25) is 0 Å². The van der Waals surface area contributed by atoms with Gasteiger partial charge < -0.3 is 14.8 Å². The fourth-order valence-corrected chi connectivity index (χ4v) is 5.04. The first-order valence-corrected chi connectivity index (χ1v) is 12.2. The molecule has 0 radical (unpaired) electrons. The molecular weight excluding hydrogens is 422 g/mol. The molecule has 2 N–H and O–H groups in total. The molecule has 4 rings (SSSR count). The monoisotopic (exact) mass is 459 g/mol. The van der Waals surface area contributed by atoms with Gasteiger partial charge in [-0.1, -0.05) is 70.2 Å². The summed E-state index contributed by atoms with van der Waals surface area (Å²) < 4.78 is 5.93. The van der Waals surface area contributed by atoms with Gasteiger partial charge in [0.05, 0.1) is 12.1 Å². The van der Waals surface area contributed by atoms with Crippen molar-refractivity contribution >= 4 is 5.91 Å². The zero-order chi connectivity index (χ0) is 24.7. The number of nitrogens with one attached hydrogen (secondary N) is 1. The number of aliphatic hydroxyl groups excluding tert-OH is 1. The van der Waals surface area contributed by atoms with E-state index in [1.807, 2.05) is 36.4 Å². The Balaban J connectivity index is 1.49. The van der Waals surface area contributed by atoms with Crippen LogP contribution in [-0.4, -0.2) is 17.1 Å². The van der Waals surface area contributed by atoms with E-state index >= 15 is 0 Å². The summed E-state index contributed by atoms with van der Waals surface area (Å²) in [5.74, 6) is 0.704. The molecule has 180 valence electrons. The Morgan fingerprint density at radius 2 is 1.62 bits per heavy atom. The number of hydrogen-bond donors (Lipinski definition) is 2. The van der Waals surface area contributed by atoms with Crippen molar-refractivity contribution in [2.75, 3.05) is 0 Å². The SMILES string of the molecule is Cc1cc2c(cc1Cc1ccc(C(=O)N[C@H](C)[C@@H](O)c3ccccc3)o1)C(C)(C)CCC2(C)C. The highest BCUT2D eigenvalue weighted by atomic mass is 16.4. The van der Waals surface area contributed by atoms with Gasteiger partial charge >= 0.3 is 0 Å². The highest BCUT2D eigenvalue weighted by Gasteiger charge is 2.37. The van der Waals surface area contributed by atoms with Gasteiger partial charge in [0.25, 0.3) is 5.91 Å². The predicted molar refractivity (Wildman–Crippen MR) is 136 cm³/mol. The zero-order valence-electron chi connectivity index (χ0n) is 21.2. The molecule has 1 aliphatic rings. The first-order valence-electron chi connectivity index (χ1n) is 12.2. The number of fused-ring (bicyclic) bond motifs is 1. The maximum absolute atomic E-state index is 12.8. The zero-order valence-corrected chi connectivity index (χ0v) is 21.2. The van der Waals surface area contributed by atoms with E-state index in [2.05, 4.69) is 52.1 Å². The largest absolute Gasteiger partial charge is 0.456 e. The lowest BCUT2D eigenvalue weighted by atomic mass is 9.62. The van der Waals surface area contributed by atoms with E-state index in [1.165, 1.54) is 35.1 Å². The molecular formula is C30H37NO3. The van der Waals surface area contributed by atoms with Crippen LogP contribution in [0, 0.1) is 6.92 Å². The minimum Gasteiger partial charge on any atom is -0.456 e. The van der Waals surface area contributed by atoms with Crippen LogP contribution < -0.4 is 5.32 Å². The van der Waals surface area contributed by atoms with E-state index in [-0.39, 0.29) is 22.5 Å². The van der Waals surface area contributed by atoms with Crippen molar-refractivity contribution in [3.8, 4) is 0 Å². The molecule has 1 amide bonds. The van der Waals surface area contributed by atoms with Crippen LogP contribution in [0.25, 0.3) is 0 Å². The molecule has 0 unspecified atom stereocenters. The van der Waals surface area contributed by atoms with Crippen LogP contribution in [0.15, 0.2) is 59.0 Å². The Morgan fingerprint density at radius 3 is 2.26 bits per heavy atom. The smallest absolute Gasteiger partial charge is 0.287 e. The maximum Gasteiger partial charge on any atom is 0.287 e. The molecule has 0 fully saturated rings. The number of aliphatic hydroxyl groups is 1. The molecule has 1 aliphatic carbocycles. The lowest BCUT2D eigenvalue weighted by Crippen LogP contribution is -2.36. The molecule has 0 saturated heterocycles. The number of furan rings is 1.